The Morgan fingerprint density at radius 2 is 2.16 bits per heavy atom. The van der Waals surface area contributed by atoms with Crippen LogP contribution in [0.3, 0.4) is 0 Å². The monoisotopic (exact) mass is 437 g/mol. The van der Waals surface area contributed by atoms with Crippen LogP contribution in [0, 0.1) is 5.92 Å². The highest BCUT2D eigenvalue weighted by Gasteiger charge is 2.31. The van der Waals surface area contributed by atoms with Crippen LogP contribution in [0.25, 0.3) is 10.2 Å². The first-order valence-corrected chi connectivity index (χ1v) is 11.0. The van der Waals surface area contributed by atoms with Gasteiger partial charge < -0.3 is 10.1 Å². The molecule has 3 aromatic rings. The van der Waals surface area contributed by atoms with Gasteiger partial charge in [-0.1, -0.05) is 0 Å². The van der Waals surface area contributed by atoms with Gasteiger partial charge in [0.15, 0.2) is 0 Å². The number of fused-ring (bicyclic) bond motifs is 4. The topological polar surface area (TPSA) is 88.9 Å². The summed E-state index contributed by atoms with van der Waals surface area (Å²) in [6.45, 7) is 0.680. The molecule has 0 unspecified atom stereocenters. The van der Waals surface area contributed by atoms with Crippen LogP contribution >= 0.6 is 11.3 Å². The van der Waals surface area contributed by atoms with Crippen LogP contribution in [0.1, 0.15) is 28.0 Å². The van der Waals surface area contributed by atoms with E-state index < -0.39 is 0 Å². The lowest BCUT2D eigenvalue weighted by atomic mass is 9.87. The Labute approximate surface area is 183 Å². The Balaban J connectivity index is 1.51. The van der Waals surface area contributed by atoms with Crippen LogP contribution in [-0.4, -0.2) is 48.4 Å². The van der Waals surface area contributed by atoms with Crippen molar-refractivity contribution < 1.29 is 14.4 Å². The van der Waals surface area contributed by atoms with E-state index in [-0.39, 0.29) is 11.8 Å². The number of carbonyl (C=O) groups is 1. The molecule has 1 aliphatic heterocycles. The van der Waals surface area contributed by atoms with Crippen molar-refractivity contribution in [3.63, 3.8) is 0 Å². The Bertz CT molecular complexity index is 1210. The van der Waals surface area contributed by atoms with E-state index in [1.165, 1.54) is 22.6 Å². The summed E-state index contributed by atoms with van der Waals surface area (Å²) in [5, 5.41) is 5.82. The minimum absolute atomic E-state index is 0.0135. The highest BCUT2D eigenvalue weighted by atomic mass is 32.1. The number of nitrogens with zero attached hydrogens (tertiary/aromatic N) is 4. The molecule has 1 atom stereocenters. The maximum Gasteiger partial charge on any atom is 0.249 e. The van der Waals surface area contributed by atoms with Crippen LogP contribution in [0.2, 0.25) is 0 Å². The second-order valence-corrected chi connectivity index (χ2v) is 8.79. The number of hydrogen-bond donors (Lipinski definition) is 1. The second-order valence-electron chi connectivity index (χ2n) is 7.71. The zero-order valence-corrected chi connectivity index (χ0v) is 18.5. The number of methoxy groups -OCH3 is 1. The molecule has 160 valence electrons. The summed E-state index contributed by atoms with van der Waals surface area (Å²) < 4.78 is 5.61. The van der Waals surface area contributed by atoms with Crippen LogP contribution in [-0.2, 0) is 29.0 Å². The Hall–Kier alpha value is -3.04. The average molecular weight is 438 g/mol. The maximum absolute atomic E-state index is 12.6. The van der Waals surface area contributed by atoms with Crippen molar-refractivity contribution in [2.45, 2.75) is 25.8 Å². The zero-order valence-electron chi connectivity index (χ0n) is 17.6. The summed E-state index contributed by atoms with van der Waals surface area (Å²) >= 11 is 1.64. The van der Waals surface area contributed by atoms with Gasteiger partial charge in [0.1, 0.15) is 22.7 Å². The number of nitrogens with one attached hydrogen (secondary N) is 1. The van der Waals surface area contributed by atoms with E-state index in [2.05, 4.69) is 20.3 Å². The number of benzene rings is 1. The SMILES string of the molecule is COc1cc2c(cc1Nc1ncnc3sc4c(c13)CC[C@H](C(=O)N(C)OC)C4)C=NC2. The molecule has 0 radical (unpaired) electrons. The summed E-state index contributed by atoms with van der Waals surface area (Å²) in [7, 11) is 4.84. The minimum Gasteiger partial charge on any atom is -0.495 e. The normalized spacial score (nSPS) is 16.8. The number of hydroxylamine groups is 2. The van der Waals surface area contributed by atoms with Crippen molar-refractivity contribution in [1.29, 1.82) is 0 Å². The van der Waals surface area contributed by atoms with E-state index in [4.69, 9.17) is 9.57 Å². The van der Waals surface area contributed by atoms with Crippen LogP contribution in [0.4, 0.5) is 11.5 Å². The number of amides is 1. The minimum atomic E-state index is -0.0778. The molecule has 1 aromatic carbocycles. The van der Waals surface area contributed by atoms with Gasteiger partial charge in [-0.3, -0.25) is 14.6 Å². The van der Waals surface area contributed by atoms with Crippen molar-refractivity contribution in [3.05, 3.63) is 40.0 Å². The number of thiophene rings is 1. The van der Waals surface area contributed by atoms with E-state index in [0.29, 0.717) is 13.0 Å². The molecule has 1 aliphatic carbocycles. The highest BCUT2D eigenvalue weighted by Crippen LogP contribution is 2.42. The molecule has 9 heteroatoms. The van der Waals surface area contributed by atoms with Crippen LogP contribution in [0.15, 0.2) is 23.5 Å². The van der Waals surface area contributed by atoms with E-state index in [9.17, 15) is 4.79 Å². The summed E-state index contributed by atoms with van der Waals surface area (Å²) in [6.07, 6.45) is 5.74. The molecule has 0 spiro atoms. The predicted molar refractivity (Wildman–Crippen MR) is 120 cm³/mol. The zero-order chi connectivity index (χ0) is 21.5. The average Bonchev–Trinajstić information content (AvgIpc) is 3.40. The van der Waals surface area contributed by atoms with Gasteiger partial charge >= 0.3 is 0 Å². The standard InChI is InChI=1S/C22H23N5O3S/c1-27(30-3)22(28)12-4-5-15-18(8-12)31-21-19(15)20(24-11-25-21)26-16-6-13-9-23-10-14(13)7-17(16)29-2/h6-7,9,11-12H,4-5,8,10H2,1-3H3,(H,24,25,26)/t12-/m0/s1. The van der Waals surface area contributed by atoms with Crippen molar-refractivity contribution in [2.24, 2.45) is 10.9 Å². The lowest BCUT2D eigenvalue weighted by Crippen LogP contribution is -2.34. The molecule has 2 aromatic heterocycles. The van der Waals surface area contributed by atoms with Crippen molar-refractivity contribution in [1.82, 2.24) is 15.0 Å². The number of ether oxygens (including phenoxy) is 1. The quantitative estimate of drug-likeness (QED) is 0.615. The Morgan fingerprint density at radius 3 is 2.97 bits per heavy atom. The fourth-order valence-electron chi connectivity index (χ4n) is 4.30. The number of rotatable bonds is 5. The fraction of sp³-hybridized carbons (Fsp3) is 0.364. The smallest absolute Gasteiger partial charge is 0.249 e. The molecule has 31 heavy (non-hydrogen) atoms. The van der Waals surface area contributed by atoms with Gasteiger partial charge in [-0.25, -0.2) is 15.0 Å². The lowest BCUT2D eigenvalue weighted by molar-refractivity contribution is -0.173. The third-order valence-electron chi connectivity index (χ3n) is 5.99. The first kappa shape index (κ1) is 19.9. The van der Waals surface area contributed by atoms with Gasteiger partial charge in [0.2, 0.25) is 5.91 Å². The molecule has 1 N–H and O–H groups in total. The number of hydrogen-bond acceptors (Lipinski definition) is 8. The predicted octanol–water partition coefficient (Wildman–Crippen LogP) is 3.50. The van der Waals surface area contributed by atoms with E-state index in [0.717, 1.165) is 51.4 Å². The molecule has 1 amide bonds. The van der Waals surface area contributed by atoms with Gasteiger partial charge in [0.25, 0.3) is 0 Å². The number of aryl methyl sites for hydroxylation is 1. The molecule has 0 saturated heterocycles. The first-order valence-electron chi connectivity index (χ1n) is 10.1. The summed E-state index contributed by atoms with van der Waals surface area (Å²) in [5.74, 6) is 1.45. The molecule has 2 aliphatic rings. The van der Waals surface area contributed by atoms with E-state index in [1.54, 1.807) is 31.8 Å². The van der Waals surface area contributed by atoms with Gasteiger partial charge in [-0.05, 0) is 48.1 Å². The van der Waals surface area contributed by atoms with Gasteiger partial charge in [-0.15, -0.1) is 11.3 Å². The number of aromatic nitrogens is 2. The number of carbonyl (C=O) groups excluding carboxylic acids is 1. The van der Waals surface area contributed by atoms with Gasteiger partial charge in [0, 0.05) is 24.1 Å². The maximum atomic E-state index is 12.6. The Morgan fingerprint density at radius 1 is 1.29 bits per heavy atom. The summed E-state index contributed by atoms with van der Waals surface area (Å²) in [5.41, 5.74) is 4.32. The summed E-state index contributed by atoms with van der Waals surface area (Å²) in [4.78, 5) is 33.2. The molecule has 3 heterocycles. The van der Waals surface area contributed by atoms with Crippen LogP contribution < -0.4 is 10.1 Å². The number of anilines is 2. The molecule has 0 fully saturated rings. The van der Waals surface area contributed by atoms with E-state index >= 15 is 0 Å². The largest absolute Gasteiger partial charge is 0.495 e. The van der Waals surface area contributed by atoms with Crippen molar-refractivity contribution in [3.8, 4) is 5.75 Å². The van der Waals surface area contributed by atoms with E-state index in [1.807, 2.05) is 18.3 Å². The van der Waals surface area contributed by atoms with Gasteiger partial charge in [0.05, 0.1) is 31.8 Å². The molecule has 8 nitrogen and oxygen atoms in total. The molecular formula is C22H23N5O3S. The molecular weight excluding hydrogens is 414 g/mol. The van der Waals surface area contributed by atoms with Crippen LogP contribution in [0.5, 0.6) is 5.75 Å². The lowest BCUT2D eigenvalue weighted by Gasteiger charge is -2.25. The molecule has 5 rings (SSSR count). The third-order valence-corrected chi connectivity index (χ3v) is 7.15. The number of aliphatic imine (C=N–C) groups is 1. The molecule has 0 saturated carbocycles. The fourth-order valence-corrected chi connectivity index (χ4v) is 5.56. The Kier molecular flexibility index (Phi) is 5.07. The van der Waals surface area contributed by atoms with Gasteiger partial charge in [-0.2, -0.15) is 0 Å². The van der Waals surface area contributed by atoms with Crippen molar-refractivity contribution in [2.75, 3.05) is 26.6 Å². The molecule has 0 bridgehead atoms. The first-order chi connectivity index (χ1) is 15.1. The summed E-state index contributed by atoms with van der Waals surface area (Å²) in [6, 6.07) is 4.07. The highest BCUT2D eigenvalue weighted by molar-refractivity contribution is 7.19. The van der Waals surface area contributed by atoms with Crippen molar-refractivity contribution >= 4 is 45.2 Å². The third kappa shape index (κ3) is 3.43. The second kappa shape index (κ2) is 7.90.